The van der Waals surface area contributed by atoms with Crippen LogP contribution >= 0.6 is 0 Å². The second-order valence-corrected chi connectivity index (χ2v) is 15.3. The monoisotopic (exact) mass is 686 g/mol. The zero-order chi connectivity index (χ0) is 36.0. The van der Waals surface area contributed by atoms with Crippen molar-refractivity contribution in [3.05, 3.63) is 134 Å². The molecule has 8 rings (SSSR count). The molecule has 1 aromatic heterocycles. The van der Waals surface area contributed by atoms with Crippen molar-refractivity contribution in [1.82, 2.24) is 0 Å². The first-order valence-electron chi connectivity index (χ1n) is 18.1. The maximum atomic E-state index is 14.4. The minimum absolute atomic E-state index is 0.00755. The lowest BCUT2D eigenvalue weighted by molar-refractivity contribution is -0.188. The number of aryl methyl sites for hydroxylation is 1. The first kappa shape index (κ1) is 34.5. The lowest BCUT2D eigenvalue weighted by Crippen LogP contribution is -2.52. The first-order chi connectivity index (χ1) is 24.4. The van der Waals surface area contributed by atoms with Crippen LogP contribution in [-0.4, -0.2) is 23.6 Å². The molecule has 7 heteroatoms. The third-order valence-electron chi connectivity index (χ3n) is 10.8. The highest BCUT2D eigenvalue weighted by Crippen LogP contribution is 2.48. The molecule has 0 radical (unpaired) electrons. The van der Waals surface area contributed by atoms with Crippen LogP contribution in [0, 0.1) is 5.92 Å². The number of hydrogen-bond acceptors (Lipinski definition) is 7. The smallest absolute Gasteiger partial charge is 0.339 e. The molecular formula is C44H46O7. The molecule has 0 saturated carbocycles. The predicted octanol–water partition coefficient (Wildman–Crippen LogP) is 9.40. The number of fused-ring (bicyclic) bond motifs is 11. The summed E-state index contributed by atoms with van der Waals surface area (Å²) in [4.78, 5) is 41.7. The molecule has 0 saturated heterocycles. The largest absolute Gasteiger partial charge is 0.483 e. The van der Waals surface area contributed by atoms with Gasteiger partial charge in [0.1, 0.15) is 16.9 Å². The fourth-order valence-electron chi connectivity index (χ4n) is 7.97. The Morgan fingerprint density at radius 3 is 2.29 bits per heavy atom. The van der Waals surface area contributed by atoms with Crippen LogP contribution in [0.15, 0.2) is 105 Å². The number of ether oxygens (including phenoxy) is 3. The summed E-state index contributed by atoms with van der Waals surface area (Å²) in [6, 6.07) is 24.4. The molecule has 3 aliphatic heterocycles. The number of carbonyl (C=O) groups is 2. The molecule has 0 N–H and O–H groups in total. The molecule has 0 spiro atoms. The van der Waals surface area contributed by atoms with Gasteiger partial charge in [0.15, 0.2) is 12.2 Å². The highest BCUT2D eigenvalue weighted by Gasteiger charge is 2.50. The zero-order valence-electron chi connectivity index (χ0n) is 30.2. The lowest BCUT2D eigenvalue weighted by Gasteiger charge is -2.43. The average Bonchev–Trinajstić information content (AvgIpc) is 3.09. The molecule has 264 valence electrons. The number of benzene rings is 3. The number of hydrogen-bond donors (Lipinski definition) is 0. The van der Waals surface area contributed by atoms with Crippen LogP contribution < -0.4 is 10.4 Å². The van der Waals surface area contributed by atoms with E-state index in [2.05, 4.69) is 48.6 Å². The molecule has 4 heterocycles. The van der Waals surface area contributed by atoms with Crippen molar-refractivity contribution < 1.29 is 28.2 Å². The lowest BCUT2D eigenvalue weighted by atomic mass is 9.72. The summed E-state index contributed by atoms with van der Waals surface area (Å²) in [7, 11) is 0. The minimum Gasteiger partial charge on any atom is -0.483 e. The minimum atomic E-state index is -1.10. The van der Waals surface area contributed by atoms with E-state index >= 15 is 0 Å². The van der Waals surface area contributed by atoms with Crippen molar-refractivity contribution in [1.29, 1.82) is 0 Å². The highest BCUT2D eigenvalue weighted by molar-refractivity contribution is 5.90. The Kier molecular flexibility index (Phi) is 9.25. The number of esters is 2. The van der Waals surface area contributed by atoms with E-state index in [1.165, 1.54) is 5.56 Å². The summed E-state index contributed by atoms with van der Waals surface area (Å²) in [6.45, 7) is 11.3. The molecule has 51 heavy (non-hydrogen) atoms. The zero-order valence-corrected chi connectivity index (χ0v) is 30.2. The standard InChI is InChI=1S/C44H46O7/c1-25(2)33-19-14-27-12-15-29(16-13-27)34-20-17-30(28-10-8-7-9-11-28)22-32(34)24-37(45)48-40-38-36(51-44(5,6)41(40)50-42(33)46)21-18-31-23-35(26(3)4)43(47)49-39(31)38/h7-13,15-18,20-21,23,26,30,32,34,40-41H,14,19,22,24H2,1-6H3. The molecule has 5 unspecified atom stereocenters. The van der Waals surface area contributed by atoms with E-state index < -0.39 is 35.4 Å². The Morgan fingerprint density at radius 2 is 1.59 bits per heavy atom. The van der Waals surface area contributed by atoms with Crippen LogP contribution in [0.2, 0.25) is 0 Å². The van der Waals surface area contributed by atoms with Crippen molar-refractivity contribution >= 4 is 22.9 Å². The molecular weight excluding hydrogens is 640 g/mol. The number of rotatable bonds is 2. The van der Waals surface area contributed by atoms with Gasteiger partial charge in [-0.1, -0.05) is 86.2 Å². The van der Waals surface area contributed by atoms with E-state index in [0.717, 1.165) is 23.1 Å². The van der Waals surface area contributed by atoms with Crippen molar-refractivity contribution in [2.75, 3.05) is 0 Å². The molecule has 4 aliphatic rings. The van der Waals surface area contributed by atoms with Gasteiger partial charge in [0.05, 0.1) is 5.56 Å². The predicted molar refractivity (Wildman–Crippen MR) is 197 cm³/mol. The van der Waals surface area contributed by atoms with Crippen molar-refractivity contribution in [2.45, 2.75) is 103 Å². The fourth-order valence-corrected chi connectivity index (χ4v) is 7.97. The van der Waals surface area contributed by atoms with Crippen molar-refractivity contribution in [3.63, 3.8) is 0 Å². The Hall–Kier alpha value is -4.91. The maximum absolute atomic E-state index is 14.4. The normalized spacial score (nSPS) is 24.6. The van der Waals surface area contributed by atoms with E-state index in [1.54, 1.807) is 0 Å². The van der Waals surface area contributed by atoms with Gasteiger partial charge in [-0.05, 0) is 93.7 Å². The van der Waals surface area contributed by atoms with Gasteiger partial charge in [0, 0.05) is 34.8 Å². The SMILES string of the molecule is CC(C)=C1CCc2ccc(cc2)C2C=CC(c3ccccc3)CC2CC(=O)OC2c3c(ccc4cc(C(C)C)c(=O)oc34)OC(C)(C)C2OC1=O. The maximum Gasteiger partial charge on any atom is 0.339 e. The Bertz CT molecular complexity index is 2080. The molecule has 3 aromatic carbocycles. The van der Waals surface area contributed by atoms with Crippen LogP contribution in [-0.2, 0) is 25.5 Å². The van der Waals surface area contributed by atoms with E-state index in [1.807, 2.05) is 77.9 Å². The topological polar surface area (TPSA) is 92.0 Å². The van der Waals surface area contributed by atoms with E-state index in [0.29, 0.717) is 40.7 Å². The van der Waals surface area contributed by atoms with Gasteiger partial charge in [-0.2, -0.15) is 0 Å². The first-order valence-corrected chi connectivity index (χ1v) is 18.1. The molecule has 7 nitrogen and oxygen atoms in total. The van der Waals surface area contributed by atoms with Gasteiger partial charge in [-0.25, -0.2) is 9.59 Å². The average molecular weight is 687 g/mol. The number of carbonyl (C=O) groups excluding carboxylic acids is 2. The van der Waals surface area contributed by atoms with Crippen LogP contribution in [0.25, 0.3) is 11.0 Å². The molecule has 2 bridgehead atoms. The third kappa shape index (κ3) is 6.78. The van der Waals surface area contributed by atoms with Gasteiger partial charge >= 0.3 is 17.6 Å². The van der Waals surface area contributed by atoms with E-state index in [9.17, 15) is 14.4 Å². The van der Waals surface area contributed by atoms with Crippen LogP contribution in [0.4, 0.5) is 0 Å². The summed E-state index contributed by atoms with van der Waals surface area (Å²) >= 11 is 0. The molecule has 4 aromatic rings. The summed E-state index contributed by atoms with van der Waals surface area (Å²) in [5.41, 5.74) is 4.50. The van der Waals surface area contributed by atoms with Gasteiger partial charge in [-0.3, -0.25) is 4.79 Å². The Balaban J connectivity index is 1.36. The summed E-state index contributed by atoms with van der Waals surface area (Å²) in [5.74, 6) is -0.455. The molecule has 5 atom stereocenters. The van der Waals surface area contributed by atoms with Gasteiger partial charge < -0.3 is 18.6 Å². The van der Waals surface area contributed by atoms with Crippen molar-refractivity contribution in [2.24, 2.45) is 5.92 Å². The third-order valence-corrected chi connectivity index (χ3v) is 10.8. The van der Waals surface area contributed by atoms with Gasteiger partial charge in [0.2, 0.25) is 0 Å². The molecule has 1 aliphatic carbocycles. The summed E-state index contributed by atoms with van der Waals surface area (Å²) in [6.07, 6.45) is 4.42. The summed E-state index contributed by atoms with van der Waals surface area (Å²) < 4.78 is 25.4. The molecule has 0 fully saturated rings. The van der Waals surface area contributed by atoms with Crippen molar-refractivity contribution in [3.8, 4) is 5.75 Å². The van der Waals surface area contributed by atoms with E-state index in [4.69, 9.17) is 18.6 Å². The fraction of sp³-hybridized carbons (Fsp3) is 0.386. The number of allylic oxidation sites excluding steroid dienone is 3. The van der Waals surface area contributed by atoms with Crippen LogP contribution in [0.3, 0.4) is 0 Å². The Morgan fingerprint density at radius 1 is 0.843 bits per heavy atom. The summed E-state index contributed by atoms with van der Waals surface area (Å²) in [5, 5.41) is 0.671. The second-order valence-electron chi connectivity index (χ2n) is 15.3. The van der Waals surface area contributed by atoms with Gasteiger partial charge in [-0.15, -0.1) is 0 Å². The van der Waals surface area contributed by atoms with Crippen LogP contribution in [0.1, 0.15) is 112 Å². The van der Waals surface area contributed by atoms with Crippen LogP contribution in [0.5, 0.6) is 5.75 Å². The molecule has 0 amide bonds. The van der Waals surface area contributed by atoms with E-state index in [-0.39, 0.29) is 35.7 Å². The Labute approximate surface area is 299 Å². The van der Waals surface area contributed by atoms with Gasteiger partial charge in [0.25, 0.3) is 0 Å². The quantitative estimate of drug-likeness (QED) is 0.0898. The highest BCUT2D eigenvalue weighted by atomic mass is 16.6. The second kappa shape index (κ2) is 13.7.